The maximum atomic E-state index is 12.0. The lowest BCUT2D eigenvalue weighted by molar-refractivity contribution is 0.202. The maximum Gasteiger partial charge on any atom is 0.0693 e. The normalized spacial score (nSPS) is 14.7. The smallest absolute Gasteiger partial charge is 0.0693 e. The van der Waals surface area contributed by atoms with Crippen LogP contribution in [0, 0.1) is 6.92 Å². The molecule has 19 heavy (non-hydrogen) atoms. The minimum atomic E-state index is -1.14. The van der Waals surface area contributed by atoms with Gasteiger partial charge in [0.05, 0.1) is 22.7 Å². The van der Waals surface area contributed by atoms with E-state index in [1.54, 1.807) is 0 Å². The minimum absolute atomic E-state index is 0.281. The first-order chi connectivity index (χ1) is 9.13. The number of benzene rings is 1. The highest BCUT2D eigenvalue weighted by atomic mass is 35.5. The van der Waals surface area contributed by atoms with Crippen molar-refractivity contribution in [2.24, 2.45) is 0 Å². The minimum Gasteiger partial charge on any atom is -0.392 e. The van der Waals surface area contributed by atoms with E-state index < -0.39 is 16.9 Å². The predicted octanol–water partition coefficient (Wildman–Crippen LogP) is 3.43. The molecule has 0 aliphatic heterocycles. The van der Waals surface area contributed by atoms with Crippen molar-refractivity contribution in [1.29, 1.82) is 0 Å². The van der Waals surface area contributed by atoms with Gasteiger partial charge in [-0.1, -0.05) is 29.8 Å². The summed E-state index contributed by atoms with van der Waals surface area (Å²) in [5.74, 6) is 0.938. The van der Waals surface area contributed by atoms with Gasteiger partial charge >= 0.3 is 0 Å². The molecule has 2 atom stereocenters. The van der Waals surface area contributed by atoms with Crippen molar-refractivity contribution >= 4 is 22.4 Å². The van der Waals surface area contributed by atoms with Gasteiger partial charge in [-0.15, -0.1) is 11.6 Å². The molecule has 0 unspecified atom stereocenters. The van der Waals surface area contributed by atoms with Gasteiger partial charge in [0, 0.05) is 10.8 Å². The SMILES string of the molecule is Cc1ccc([S@](=O)C[C@@H](O)C/C=C/CCCCl)cc1. The summed E-state index contributed by atoms with van der Waals surface area (Å²) < 4.78 is 12.0. The van der Waals surface area contributed by atoms with Crippen LogP contribution in [-0.4, -0.2) is 27.1 Å². The Balaban J connectivity index is 2.35. The number of hydrogen-bond donors (Lipinski definition) is 1. The Morgan fingerprint density at radius 1 is 1.32 bits per heavy atom. The number of allylic oxidation sites excluding steroid dienone is 1. The third-order valence-electron chi connectivity index (χ3n) is 2.71. The van der Waals surface area contributed by atoms with Crippen LogP contribution in [0.25, 0.3) is 0 Å². The molecule has 0 aliphatic carbocycles. The zero-order chi connectivity index (χ0) is 14.1. The number of alkyl halides is 1. The van der Waals surface area contributed by atoms with Crippen molar-refractivity contribution in [1.82, 2.24) is 0 Å². The van der Waals surface area contributed by atoms with E-state index in [2.05, 4.69) is 0 Å². The molecule has 2 nitrogen and oxygen atoms in total. The van der Waals surface area contributed by atoms with E-state index in [9.17, 15) is 9.32 Å². The zero-order valence-corrected chi connectivity index (χ0v) is 12.8. The molecule has 0 aromatic heterocycles. The van der Waals surface area contributed by atoms with Gasteiger partial charge in [0.2, 0.25) is 0 Å². The monoisotopic (exact) mass is 300 g/mol. The number of aryl methyl sites for hydroxylation is 1. The number of aliphatic hydroxyl groups excluding tert-OH is 1. The highest BCUT2D eigenvalue weighted by Crippen LogP contribution is 2.10. The fourth-order valence-corrected chi connectivity index (χ4v) is 2.87. The Morgan fingerprint density at radius 3 is 2.63 bits per heavy atom. The van der Waals surface area contributed by atoms with E-state index in [0.29, 0.717) is 12.3 Å². The number of aliphatic hydroxyl groups is 1. The molecule has 0 bridgehead atoms. The summed E-state index contributed by atoms with van der Waals surface area (Å²) in [5.41, 5.74) is 1.14. The largest absolute Gasteiger partial charge is 0.392 e. The van der Waals surface area contributed by atoms with E-state index in [4.69, 9.17) is 11.6 Å². The van der Waals surface area contributed by atoms with Gasteiger partial charge < -0.3 is 5.11 Å². The van der Waals surface area contributed by atoms with Crippen LogP contribution in [0.3, 0.4) is 0 Å². The Labute approximate surface area is 122 Å². The van der Waals surface area contributed by atoms with E-state index in [0.717, 1.165) is 23.3 Å². The molecule has 106 valence electrons. The number of unbranched alkanes of at least 4 members (excludes halogenated alkanes) is 1. The van der Waals surface area contributed by atoms with Crippen LogP contribution in [0.1, 0.15) is 24.8 Å². The van der Waals surface area contributed by atoms with E-state index in [1.807, 2.05) is 43.3 Å². The second-order valence-corrected chi connectivity index (χ2v) is 6.39. The molecular weight excluding hydrogens is 280 g/mol. The Morgan fingerprint density at radius 2 is 2.00 bits per heavy atom. The van der Waals surface area contributed by atoms with Crippen LogP contribution in [-0.2, 0) is 10.8 Å². The van der Waals surface area contributed by atoms with Crippen molar-refractivity contribution in [2.75, 3.05) is 11.6 Å². The van der Waals surface area contributed by atoms with Crippen LogP contribution >= 0.6 is 11.6 Å². The summed E-state index contributed by atoms with van der Waals surface area (Å²) >= 11 is 5.57. The first kappa shape index (κ1) is 16.4. The van der Waals surface area contributed by atoms with Crippen molar-refractivity contribution in [2.45, 2.75) is 37.2 Å². The lowest BCUT2D eigenvalue weighted by Gasteiger charge is -2.08. The Kier molecular flexibility index (Phi) is 8.03. The topological polar surface area (TPSA) is 37.3 Å². The molecule has 1 aromatic rings. The summed E-state index contributed by atoms with van der Waals surface area (Å²) in [4.78, 5) is 0.774. The van der Waals surface area contributed by atoms with Crippen LogP contribution in [0.2, 0.25) is 0 Å². The first-order valence-corrected chi connectivity index (χ1v) is 8.33. The lowest BCUT2D eigenvalue weighted by atomic mass is 10.2. The average molecular weight is 301 g/mol. The number of hydrogen-bond acceptors (Lipinski definition) is 2. The summed E-state index contributed by atoms with van der Waals surface area (Å²) in [6.45, 7) is 1.99. The van der Waals surface area contributed by atoms with Crippen molar-refractivity contribution < 1.29 is 9.32 Å². The molecular formula is C15H21ClO2S. The number of halogens is 1. The third-order valence-corrected chi connectivity index (χ3v) is 4.46. The molecule has 1 aromatic carbocycles. The zero-order valence-electron chi connectivity index (χ0n) is 11.2. The average Bonchev–Trinajstić information content (AvgIpc) is 2.39. The highest BCUT2D eigenvalue weighted by molar-refractivity contribution is 7.85. The second-order valence-electron chi connectivity index (χ2n) is 4.52. The molecule has 0 saturated heterocycles. The predicted molar refractivity (Wildman–Crippen MR) is 82.2 cm³/mol. The van der Waals surface area contributed by atoms with Gasteiger partial charge in [0.15, 0.2) is 0 Å². The Hall–Kier alpha value is -0.640. The quantitative estimate of drug-likeness (QED) is 0.454. The summed E-state index contributed by atoms with van der Waals surface area (Å²) in [7, 11) is -1.14. The van der Waals surface area contributed by atoms with Crippen LogP contribution in [0.15, 0.2) is 41.3 Å². The highest BCUT2D eigenvalue weighted by Gasteiger charge is 2.09. The standard InChI is InChI=1S/C15H21ClO2S/c1-13-7-9-15(10-8-13)19(18)12-14(17)6-4-2-3-5-11-16/h2,4,7-10,14,17H,3,5-6,11-12H2,1H3/b4-2+/t14-,19+/m0/s1. The maximum absolute atomic E-state index is 12.0. The molecule has 0 saturated carbocycles. The molecule has 4 heteroatoms. The van der Waals surface area contributed by atoms with Gasteiger partial charge in [0.25, 0.3) is 0 Å². The summed E-state index contributed by atoms with van der Waals surface area (Å²) in [5, 5.41) is 9.82. The lowest BCUT2D eigenvalue weighted by Crippen LogP contribution is -2.15. The third kappa shape index (κ3) is 6.90. The van der Waals surface area contributed by atoms with E-state index >= 15 is 0 Å². The van der Waals surface area contributed by atoms with Crippen molar-refractivity contribution in [3.05, 3.63) is 42.0 Å². The first-order valence-electron chi connectivity index (χ1n) is 6.47. The number of rotatable bonds is 8. The van der Waals surface area contributed by atoms with Gasteiger partial charge in [-0.05, 0) is 38.3 Å². The molecule has 0 radical (unpaired) electrons. The summed E-state index contributed by atoms with van der Waals surface area (Å²) in [6, 6.07) is 7.58. The fraction of sp³-hybridized carbons (Fsp3) is 0.467. The Bertz CT molecular complexity index is 415. The van der Waals surface area contributed by atoms with Crippen LogP contribution < -0.4 is 0 Å². The van der Waals surface area contributed by atoms with E-state index in [-0.39, 0.29) is 5.75 Å². The molecule has 1 N–H and O–H groups in total. The molecule has 0 spiro atoms. The van der Waals surface area contributed by atoms with Crippen LogP contribution in [0.5, 0.6) is 0 Å². The van der Waals surface area contributed by atoms with Gasteiger partial charge in [-0.25, -0.2) is 0 Å². The van der Waals surface area contributed by atoms with Gasteiger partial charge in [-0.2, -0.15) is 0 Å². The van der Waals surface area contributed by atoms with E-state index in [1.165, 1.54) is 0 Å². The second kappa shape index (κ2) is 9.29. The molecule has 0 heterocycles. The molecule has 1 rings (SSSR count). The van der Waals surface area contributed by atoms with Gasteiger partial charge in [-0.3, -0.25) is 4.21 Å². The summed E-state index contributed by atoms with van der Waals surface area (Å²) in [6.07, 6.45) is 5.80. The van der Waals surface area contributed by atoms with Crippen molar-refractivity contribution in [3.8, 4) is 0 Å². The van der Waals surface area contributed by atoms with Crippen molar-refractivity contribution in [3.63, 3.8) is 0 Å². The molecule has 0 aliphatic rings. The molecule has 0 fully saturated rings. The van der Waals surface area contributed by atoms with Crippen LogP contribution in [0.4, 0.5) is 0 Å². The fourth-order valence-electron chi connectivity index (χ4n) is 1.60. The molecule has 0 amide bonds. The van der Waals surface area contributed by atoms with Gasteiger partial charge in [0.1, 0.15) is 0 Å².